The molecule has 0 atom stereocenters. The van der Waals surface area contributed by atoms with Gasteiger partial charge < -0.3 is 10.2 Å². The van der Waals surface area contributed by atoms with Crippen LogP contribution in [0.5, 0.6) is 0 Å². The average Bonchev–Trinajstić information content (AvgIpc) is 2.34. The van der Waals surface area contributed by atoms with E-state index >= 15 is 0 Å². The van der Waals surface area contributed by atoms with Gasteiger partial charge in [-0.15, -0.1) is 6.54 Å². The highest BCUT2D eigenvalue weighted by atomic mass is 15.1. The summed E-state index contributed by atoms with van der Waals surface area (Å²) in [6.07, 6.45) is 2.45. The van der Waals surface area contributed by atoms with Crippen LogP contribution in [-0.4, -0.2) is 38.6 Å². The highest BCUT2D eigenvalue weighted by Crippen LogP contribution is 2.36. The van der Waals surface area contributed by atoms with Crippen LogP contribution in [0, 0.1) is 0 Å². The van der Waals surface area contributed by atoms with Gasteiger partial charge in [0.15, 0.2) is 0 Å². The zero-order valence-corrected chi connectivity index (χ0v) is 10.3. The van der Waals surface area contributed by atoms with E-state index in [1.165, 1.54) is 31.5 Å². The smallest absolute Gasteiger partial charge is 0.00139 e. The molecule has 1 aromatic rings. The van der Waals surface area contributed by atoms with Crippen LogP contribution in [0.15, 0.2) is 30.3 Å². The standard InChI is InChI=1S/C14H21N2/c1-15-12-14(8-10-16(2)11-9-14)13-6-4-3-5-7-13/h3-7H,8-12H2,1-2H3/q-1. The third-order valence-corrected chi connectivity index (χ3v) is 3.79. The molecule has 1 saturated heterocycles. The van der Waals surface area contributed by atoms with E-state index in [9.17, 15) is 0 Å². The Morgan fingerprint density at radius 3 is 2.38 bits per heavy atom. The lowest BCUT2D eigenvalue weighted by atomic mass is 9.73. The minimum absolute atomic E-state index is 0.294. The van der Waals surface area contributed by atoms with Crippen molar-refractivity contribution in [2.24, 2.45) is 0 Å². The Morgan fingerprint density at radius 1 is 1.19 bits per heavy atom. The van der Waals surface area contributed by atoms with Crippen molar-refractivity contribution in [3.8, 4) is 0 Å². The molecule has 1 heterocycles. The minimum Gasteiger partial charge on any atom is -0.664 e. The van der Waals surface area contributed by atoms with Crippen LogP contribution >= 0.6 is 0 Å². The van der Waals surface area contributed by atoms with Gasteiger partial charge in [-0.05, 0) is 44.0 Å². The van der Waals surface area contributed by atoms with E-state index in [1.807, 2.05) is 7.05 Å². The van der Waals surface area contributed by atoms with Gasteiger partial charge in [-0.1, -0.05) is 30.3 Å². The minimum atomic E-state index is 0.294. The van der Waals surface area contributed by atoms with Crippen molar-refractivity contribution < 1.29 is 0 Å². The molecule has 1 aliphatic heterocycles. The number of piperidine rings is 1. The van der Waals surface area contributed by atoms with Crippen LogP contribution in [-0.2, 0) is 5.41 Å². The van der Waals surface area contributed by atoms with Gasteiger partial charge in [0.2, 0.25) is 0 Å². The number of hydrogen-bond acceptors (Lipinski definition) is 1. The number of benzene rings is 1. The molecule has 0 saturated carbocycles. The third kappa shape index (κ3) is 2.28. The summed E-state index contributed by atoms with van der Waals surface area (Å²) in [5.41, 5.74) is 1.76. The highest BCUT2D eigenvalue weighted by Gasteiger charge is 2.31. The maximum Gasteiger partial charge on any atom is -0.00139 e. The van der Waals surface area contributed by atoms with Crippen LogP contribution in [0.4, 0.5) is 0 Å². The Balaban J connectivity index is 2.22. The molecule has 1 fully saturated rings. The molecule has 0 spiro atoms. The molecule has 0 radical (unpaired) electrons. The Bertz CT molecular complexity index is 313. The van der Waals surface area contributed by atoms with E-state index in [2.05, 4.69) is 47.6 Å². The van der Waals surface area contributed by atoms with Gasteiger partial charge in [0.25, 0.3) is 0 Å². The topological polar surface area (TPSA) is 17.3 Å². The fourth-order valence-electron chi connectivity index (χ4n) is 2.68. The number of likely N-dealkylation sites (tertiary alicyclic amines) is 1. The van der Waals surface area contributed by atoms with E-state index in [0.717, 1.165) is 6.54 Å². The third-order valence-electron chi connectivity index (χ3n) is 3.79. The second-order valence-electron chi connectivity index (χ2n) is 4.92. The van der Waals surface area contributed by atoms with Crippen LogP contribution in [0.25, 0.3) is 5.32 Å². The number of nitrogens with zero attached hydrogens (tertiary/aromatic N) is 2. The number of hydrogen-bond donors (Lipinski definition) is 0. The Kier molecular flexibility index (Phi) is 3.62. The van der Waals surface area contributed by atoms with Crippen molar-refractivity contribution in [2.75, 3.05) is 33.7 Å². The molecule has 16 heavy (non-hydrogen) atoms. The molecule has 1 aromatic carbocycles. The average molecular weight is 217 g/mol. The molecule has 88 valence electrons. The molecule has 2 rings (SSSR count). The van der Waals surface area contributed by atoms with Crippen LogP contribution in [0.3, 0.4) is 0 Å². The summed E-state index contributed by atoms with van der Waals surface area (Å²) in [5.74, 6) is 0. The first kappa shape index (κ1) is 11.6. The quantitative estimate of drug-likeness (QED) is 0.761. The molecular weight excluding hydrogens is 196 g/mol. The summed E-state index contributed by atoms with van der Waals surface area (Å²) >= 11 is 0. The lowest BCUT2D eigenvalue weighted by Gasteiger charge is -2.45. The fourth-order valence-corrected chi connectivity index (χ4v) is 2.68. The Morgan fingerprint density at radius 2 is 1.81 bits per heavy atom. The first-order chi connectivity index (χ1) is 7.77. The Labute approximate surface area is 98.7 Å². The molecule has 0 amide bonds. The molecule has 0 aromatic heterocycles. The maximum atomic E-state index is 4.41. The van der Waals surface area contributed by atoms with E-state index in [4.69, 9.17) is 0 Å². The monoisotopic (exact) mass is 217 g/mol. The van der Waals surface area contributed by atoms with Gasteiger partial charge in [-0.2, -0.15) is 7.05 Å². The maximum absolute atomic E-state index is 4.41. The SMILES string of the molecule is C[N-]CC1(c2ccccc2)CCN(C)CC1. The van der Waals surface area contributed by atoms with E-state index in [1.54, 1.807) is 0 Å². The first-order valence-corrected chi connectivity index (χ1v) is 6.06. The normalized spacial score (nSPS) is 20.9. The largest absolute Gasteiger partial charge is 0.664 e. The lowest BCUT2D eigenvalue weighted by molar-refractivity contribution is 0.196. The van der Waals surface area contributed by atoms with Crippen molar-refractivity contribution >= 4 is 0 Å². The first-order valence-electron chi connectivity index (χ1n) is 6.06. The molecule has 0 unspecified atom stereocenters. The van der Waals surface area contributed by atoms with Crippen LogP contribution in [0.1, 0.15) is 18.4 Å². The molecule has 0 bridgehead atoms. The molecule has 0 N–H and O–H groups in total. The lowest BCUT2D eigenvalue weighted by Crippen LogP contribution is -2.42. The van der Waals surface area contributed by atoms with Crippen molar-refractivity contribution in [3.05, 3.63) is 41.2 Å². The molecule has 1 aliphatic rings. The molecule has 0 aliphatic carbocycles. The van der Waals surface area contributed by atoms with E-state index < -0.39 is 0 Å². The molecule has 2 heteroatoms. The predicted molar refractivity (Wildman–Crippen MR) is 69.0 cm³/mol. The second kappa shape index (κ2) is 4.98. The van der Waals surface area contributed by atoms with Crippen LogP contribution in [0.2, 0.25) is 0 Å². The van der Waals surface area contributed by atoms with Gasteiger partial charge in [-0.3, -0.25) is 0 Å². The molecular formula is C14H21N2-. The van der Waals surface area contributed by atoms with Crippen molar-refractivity contribution in [2.45, 2.75) is 18.3 Å². The summed E-state index contributed by atoms with van der Waals surface area (Å²) in [6, 6.07) is 10.9. The van der Waals surface area contributed by atoms with Gasteiger partial charge in [0.05, 0.1) is 0 Å². The van der Waals surface area contributed by atoms with E-state index in [0.29, 0.717) is 5.41 Å². The summed E-state index contributed by atoms with van der Waals surface area (Å²) < 4.78 is 0. The van der Waals surface area contributed by atoms with Gasteiger partial charge in [0, 0.05) is 0 Å². The Hall–Kier alpha value is -0.860. The predicted octanol–water partition coefficient (Wildman–Crippen LogP) is 2.65. The van der Waals surface area contributed by atoms with Gasteiger partial charge in [-0.25, -0.2) is 0 Å². The van der Waals surface area contributed by atoms with Gasteiger partial charge in [0.1, 0.15) is 0 Å². The second-order valence-corrected chi connectivity index (χ2v) is 4.92. The van der Waals surface area contributed by atoms with Crippen molar-refractivity contribution in [1.82, 2.24) is 4.90 Å². The zero-order valence-electron chi connectivity index (χ0n) is 10.3. The van der Waals surface area contributed by atoms with Gasteiger partial charge >= 0.3 is 0 Å². The van der Waals surface area contributed by atoms with Crippen molar-refractivity contribution in [3.63, 3.8) is 0 Å². The summed E-state index contributed by atoms with van der Waals surface area (Å²) in [5, 5.41) is 4.41. The highest BCUT2D eigenvalue weighted by molar-refractivity contribution is 5.28. The van der Waals surface area contributed by atoms with Crippen molar-refractivity contribution in [1.29, 1.82) is 0 Å². The van der Waals surface area contributed by atoms with E-state index in [-0.39, 0.29) is 0 Å². The summed E-state index contributed by atoms with van der Waals surface area (Å²) in [6.45, 7) is 3.33. The molecule has 2 nitrogen and oxygen atoms in total. The summed E-state index contributed by atoms with van der Waals surface area (Å²) in [4.78, 5) is 2.41. The number of likely N-dealkylation sites (N-methyl/N-ethyl adjacent to an activating group) is 1. The summed E-state index contributed by atoms with van der Waals surface area (Å²) in [7, 11) is 4.14. The number of rotatable bonds is 3. The van der Waals surface area contributed by atoms with Crippen LogP contribution < -0.4 is 0 Å². The fraction of sp³-hybridized carbons (Fsp3) is 0.571. The zero-order chi connectivity index (χ0) is 11.4.